The quantitative estimate of drug-likeness (QED) is 0.263. The van der Waals surface area contributed by atoms with Crippen molar-refractivity contribution in [3.8, 4) is 11.5 Å². The van der Waals surface area contributed by atoms with Gasteiger partial charge in [0.2, 0.25) is 0 Å². The van der Waals surface area contributed by atoms with E-state index in [1.54, 1.807) is 24.3 Å². The fourth-order valence-electron chi connectivity index (χ4n) is 4.12. The number of Topliss-reactive ketones (excluding diaryl/α,β-unsaturated/α-hetero) is 1. The van der Waals surface area contributed by atoms with Gasteiger partial charge in [-0.05, 0) is 65.2 Å². The molecule has 0 N–H and O–H groups in total. The molecule has 0 radical (unpaired) electrons. The van der Waals surface area contributed by atoms with Crippen LogP contribution in [0.5, 0.6) is 11.5 Å². The third-order valence-corrected chi connectivity index (χ3v) is 6.26. The summed E-state index contributed by atoms with van der Waals surface area (Å²) in [5.74, 6) is 1.01. The lowest BCUT2D eigenvalue weighted by atomic mass is 9.89. The van der Waals surface area contributed by atoms with Crippen LogP contribution in [0.4, 0.5) is 0 Å². The second kappa shape index (κ2) is 8.78. The number of allylic oxidation sites excluding steroid dienone is 1. The smallest absolute Gasteiger partial charge is 0.194 e. The summed E-state index contributed by atoms with van der Waals surface area (Å²) in [4.78, 5) is 13.8. The second-order valence-electron chi connectivity index (χ2n) is 7.60. The Morgan fingerprint density at radius 2 is 1.59 bits per heavy atom. The van der Waals surface area contributed by atoms with E-state index in [-0.39, 0.29) is 11.7 Å². The van der Waals surface area contributed by atoms with Gasteiger partial charge in [-0.15, -0.1) is 0 Å². The topological polar surface area (TPSA) is 26.3 Å². The highest BCUT2D eigenvalue weighted by Crippen LogP contribution is 2.47. The molecule has 0 unspecified atom stereocenters. The number of carbonyl (C=O) groups is 1. The summed E-state index contributed by atoms with van der Waals surface area (Å²) < 4.78 is 7.10. The number of hydrogen-bond donors (Lipinski definition) is 0. The highest BCUT2D eigenvalue weighted by molar-refractivity contribution is 9.10. The fourth-order valence-corrected chi connectivity index (χ4v) is 4.66. The maximum Gasteiger partial charge on any atom is 0.194 e. The molecule has 1 atom stereocenters. The van der Waals surface area contributed by atoms with E-state index < -0.39 is 0 Å². The van der Waals surface area contributed by atoms with E-state index in [9.17, 15) is 4.79 Å². The number of benzene rings is 4. The summed E-state index contributed by atoms with van der Waals surface area (Å²) in [6, 6.07) is 31.0. The monoisotopic (exact) mass is 500 g/mol. The fraction of sp³-hybridized carbons (Fsp3) is 0.0357. The van der Waals surface area contributed by atoms with Crippen LogP contribution in [-0.4, -0.2) is 5.78 Å². The molecule has 0 spiro atoms. The average molecular weight is 502 g/mol. The van der Waals surface area contributed by atoms with Gasteiger partial charge in [-0.3, -0.25) is 4.79 Å². The molecule has 5 rings (SSSR count). The first-order valence-corrected chi connectivity index (χ1v) is 11.4. The van der Waals surface area contributed by atoms with E-state index >= 15 is 0 Å². The Kier molecular flexibility index (Phi) is 5.69. The highest BCUT2D eigenvalue weighted by Gasteiger charge is 2.38. The molecule has 0 bridgehead atoms. The molecule has 0 fully saturated rings. The minimum Gasteiger partial charge on any atom is -0.457 e. The molecule has 4 aromatic rings. The maximum absolute atomic E-state index is 13.8. The predicted octanol–water partition coefficient (Wildman–Crippen LogP) is 8.31. The summed E-state index contributed by atoms with van der Waals surface area (Å²) in [6.07, 6.45) is 1.98. The van der Waals surface area contributed by atoms with Gasteiger partial charge in [-0.2, -0.15) is 0 Å². The van der Waals surface area contributed by atoms with Crippen LogP contribution in [0.2, 0.25) is 5.02 Å². The van der Waals surface area contributed by atoms with Crippen LogP contribution in [-0.2, 0) is 0 Å². The summed E-state index contributed by atoms with van der Waals surface area (Å²) in [5, 5.41) is 0.634. The van der Waals surface area contributed by atoms with Crippen LogP contribution in [0.3, 0.4) is 0 Å². The van der Waals surface area contributed by atoms with Crippen molar-refractivity contribution < 1.29 is 9.53 Å². The van der Waals surface area contributed by atoms with Crippen LogP contribution >= 0.6 is 27.5 Å². The largest absolute Gasteiger partial charge is 0.457 e. The number of carbonyl (C=O) groups excluding carboxylic acids is 1. The van der Waals surface area contributed by atoms with Crippen LogP contribution in [0.25, 0.3) is 6.08 Å². The van der Waals surface area contributed by atoms with E-state index in [4.69, 9.17) is 16.3 Å². The normalized spacial score (nSPS) is 16.2. The summed E-state index contributed by atoms with van der Waals surface area (Å²) >= 11 is 9.53. The number of fused-ring (bicyclic) bond motifs is 1. The van der Waals surface area contributed by atoms with Crippen LogP contribution in [0.15, 0.2) is 107 Å². The van der Waals surface area contributed by atoms with Gasteiger partial charge in [0.05, 0.1) is 5.56 Å². The Labute approximate surface area is 200 Å². The Bertz CT molecular complexity index is 1330. The maximum atomic E-state index is 13.8. The highest BCUT2D eigenvalue weighted by atomic mass is 79.9. The van der Waals surface area contributed by atoms with E-state index in [0.29, 0.717) is 22.1 Å². The number of ether oxygens (including phenoxy) is 1. The lowest BCUT2D eigenvalue weighted by Crippen LogP contribution is -2.02. The van der Waals surface area contributed by atoms with Crippen molar-refractivity contribution in [2.75, 3.05) is 0 Å². The van der Waals surface area contributed by atoms with Crippen LogP contribution in [0.1, 0.15) is 33.0 Å². The van der Waals surface area contributed by atoms with Crippen molar-refractivity contribution in [1.29, 1.82) is 0 Å². The van der Waals surface area contributed by atoms with Gasteiger partial charge < -0.3 is 4.74 Å². The number of rotatable bonds is 4. The van der Waals surface area contributed by atoms with Crippen molar-refractivity contribution in [3.63, 3.8) is 0 Å². The van der Waals surface area contributed by atoms with Gasteiger partial charge in [-0.25, -0.2) is 0 Å². The zero-order valence-corrected chi connectivity index (χ0v) is 19.3. The summed E-state index contributed by atoms with van der Waals surface area (Å²) in [7, 11) is 0. The Morgan fingerprint density at radius 1 is 0.844 bits per heavy atom. The van der Waals surface area contributed by atoms with Crippen molar-refractivity contribution in [1.82, 2.24) is 0 Å². The summed E-state index contributed by atoms with van der Waals surface area (Å²) in [5.41, 5.74) is 4.34. The number of ketones is 1. The first-order valence-electron chi connectivity index (χ1n) is 10.2. The molecule has 0 amide bonds. The van der Waals surface area contributed by atoms with Crippen LogP contribution in [0, 0.1) is 0 Å². The Balaban J connectivity index is 1.65. The molecule has 0 saturated heterocycles. The lowest BCUT2D eigenvalue weighted by molar-refractivity contribution is 0.103. The van der Waals surface area contributed by atoms with Gasteiger partial charge in [0.15, 0.2) is 5.78 Å². The molecule has 0 heterocycles. The SMILES string of the molecule is O=C1/C(=C\c2cccc(Br)c2)[C@H](c2ccccc2)c2cccc(Oc3ccc(Cl)cc3)c21. The summed E-state index contributed by atoms with van der Waals surface area (Å²) in [6.45, 7) is 0. The molecule has 4 aromatic carbocycles. The average Bonchev–Trinajstić information content (AvgIpc) is 3.08. The van der Waals surface area contributed by atoms with E-state index in [2.05, 4.69) is 28.1 Å². The third kappa shape index (κ3) is 4.02. The molecule has 0 saturated carbocycles. The first kappa shape index (κ1) is 20.7. The van der Waals surface area contributed by atoms with Gasteiger partial charge in [-0.1, -0.05) is 82.1 Å². The molecular weight excluding hydrogens is 484 g/mol. The number of halogens is 2. The molecule has 0 aliphatic heterocycles. The lowest BCUT2D eigenvalue weighted by Gasteiger charge is -2.14. The van der Waals surface area contributed by atoms with Gasteiger partial charge >= 0.3 is 0 Å². The van der Waals surface area contributed by atoms with Gasteiger partial charge in [0.25, 0.3) is 0 Å². The van der Waals surface area contributed by atoms with Crippen molar-refractivity contribution in [3.05, 3.63) is 134 Å². The second-order valence-corrected chi connectivity index (χ2v) is 8.96. The third-order valence-electron chi connectivity index (χ3n) is 5.51. The Morgan fingerprint density at radius 3 is 2.34 bits per heavy atom. The first-order chi connectivity index (χ1) is 15.6. The molecule has 156 valence electrons. The van der Waals surface area contributed by atoms with Crippen molar-refractivity contribution in [2.24, 2.45) is 0 Å². The molecule has 0 aromatic heterocycles. The molecule has 2 nitrogen and oxygen atoms in total. The Hall–Kier alpha value is -3.14. The van der Waals surface area contributed by atoms with Crippen molar-refractivity contribution in [2.45, 2.75) is 5.92 Å². The zero-order chi connectivity index (χ0) is 22.1. The molecule has 4 heteroatoms. The van der Waals surface area contributed by atoms with Crippen molar-refractivity contribution >= 4 is 39.4 Å². The zero-order valence-electron chi connectivity index (χ0n) is 17.0. The molecule has 1 aliphatic rings. The van der Waals surface area contributed by atoms with Gasteiger partial charge in [0.1, 0.15) is 11.5 Å². The molecular formula is C28H18BrClO2. The van der Waals surface area contributed by atoms with E-state index in [1.165, 1.54) is 0 Å². The van der Waals surface area contributed by atoms with Gasteiger partial charge in [0, 0.05) is 21.0 Å². The minimum absolute atomic E-state index is 0.0154. The van der Waals surface area contributed by atoms with Crippen LogP contribution < -0.4 is 4.74 Å². The standard InChI is InChI=1S/C28H18BrClO2/c29-20-9-4-6-18(16-20)17-24-26(19-7-2-1-3-8-19)23-10-5-11-25(27(23)28(24)31)32-22-14-12-21(30)13-15-22/h1-17,26H/b24-17-/t26-/m1/s1. The number of hydrogen-bond acceptors (Lipinski definition) is 2. The van der Waals surface area contributed by atoms with E-state index in [1.807, 2.05) is 66.7 Å². The van der Waals surface area contributed by atoms with E-state index in [0.717, 1.165) is 26.7 Å². The molecule has 1 aliphatic carbocycles. The predicted molar refractivity (Wildman–Crippen MR) is 133 cm³/mol. The minimum atomic E-state index is -0.161. The molecule has 32 heavy (non-hydrogen) atoms.